The first kappa shape index (κ1) is 13.0. The molecule has 0 amide bonds. The molecule has 0 aliphatic rings. The second-order valence-electron chi connectivity index (χ2n) is 4.18. The minimum atomic E-state index is 0.544. The van der Waals surface area contributed by atoms with Gasteiger partial charge in [-0.25, -0.2) is 4.68 Å². The molecule has 0 spiro atoms. The molecule has 0 atom stereocenters. The monoisotopic (exact) mass is 263 g/mol. The summed E-state index contributed by atoms with van der Waals surface area (Å²) in [6, 6.07) is 6.50. The van der Waals surface area contributed by atoms with Gasteiger partial charge in [-0.05, 0) is 41.0 Å². The molecule has 0 aliphatic heterocycles. The topological polar surface area (TPSA) is 69.6 Å². The van der Waals surface area contributed by atoms with Crippen LogP contribution in [0.3, 0.4) is 0 Å². The van der Waals surface area contributed by atoms with Crippen LogP contribution in [0.2, 0.25) is 0 Å². The number of hydrogen-bond donors (Lipinski definition) is 1. The smallest absolute Gasteiger partial charge is 0.209 e. The second-order valence-corrected chi connectivity index (χ2v) is 5.12. The number of tetrazole rings is 1. The number of nitrogens with zero attached hydrogens (tertiary/aromatic N) is 4. The lowest BCUT2D eigenvalue weighted by atomic mass is 10.1. The molecule has 0 saturated heterocycles. The fourth-order valence-electron chi connectivity index (χ4n) is 1.60. The Hall–Kier alpha value is -1.40. The van der Waals surface area contributed by atoms with Crippen LogP contribution in [0.1, 0.15) is 16.7 Å². The van der Waals surface area contributed by atoms with Gasteiger partial charge in [0.1, 0.15) is 0 Å². The zero-order valence-electron chi connectivity index (χ0n) is 10.6. The number of hydrogen-bond acceptors (Lipinski definition) is 5. The third-order valence-corrected chi connectivity index (χ3v) is 3.81. The van der Waals surface area contributed by atoms with E-state index in [0.29, 0.717) is 13.1 Å². The van der Waals surface area contributed by atoms with E-state index in [4.69, 9.17) is 5.73 Å². The molecule has 1 aromatic carbocycles. The van der Waals surface area contributed by atoms with Crippen molar-refractivity contribution in [2.75, 3.05) is 6.54 Å². The highest BCUT2D eigenvalue weighted by Gasteiger charge is 2.06. The summed E-state index contributed by atoms with van der Waals surface area (Å²) >= 11 is 1.63. The van der Waals surface area contributed by atoms with Crippen molar-refractivity contribution >= 4 is 11.8 Å². The van der Waals surface area contributed by atoms with Crippen molar-refractivity contribution in [1.29, 1.82) is 0 Å². The summed E-state index contributed by atoms with van der Waals surface area (Å²) in [6.45, 7) is 5.44. The van der Waals surface area contributed by atoms with Gasteiger partial charge in [0.05, 0.1) is 6.54 Å². The van der Waals surface area contributed by atoms with E-state index in [1.54, 1.807) is 16.4 Å². The maximum atomic E-state index is 5.51. The largest absolute Gasteiger partial charge is 0.329 e. The molecule has 18 heavy (non-hydrogen) atoms. The van der Waals surface area contributed by atoms with Crippen LogP contribution in [0.15, 0.2) is 23.4 Å². The highest BCUT2D eigenvalue weighted by atomic mass is 32.2. The summed E-state index contributed by atoms with van der Waals surface area (Å²) in [7, 11) is 0. The molecule has 0 radical (unpaired) electrons. The molecule has 2 aromatic rings. The second kappa shape index (κ2) is 5.97. The summed E-state index contributed by atoms with van der Waals surface area (Å²) in [4.78, 5) is 0. The zero-order chi connectivity index (χ0) is 13.0. The summed E-state index contributed by atoms with van der Waals surface area (Å²) in [5.41, 5.74) is 9.42. The molecule has 1 aromatic heterocycles. The van der Waals surface area contributed by atoms with Gasteiger partial charge in [-0.3, -0.25) is 0 Å². The first-order chi connectivity index (χ1) is 8.70. The Morgan fingerprint density at radius 3 is 2.83 bits per heavy atom. The molecule has 6 heteroatoms. The van der Waals surface area contributed by atoms with Crippen LogP contribution >= 0.6 is 11.8 Å². The van der Waals surface area contributed by atoms with Crippen LogP contribution in [-0.2, 0) is 12.3 Å². The van der Waals surface area contributed by atoms with Crippen LogP contribution in [0.5, 0.6) is 0 Å². The Labute approximate surface area is 111 Å². The highest BCUT2D eigenvalue weighted by Crippen LogP contribution is 2.21. The lowest BCUT2D eigenvalue weighted by Gasteiger charge is -2.05. The van der Waals surface area contributed by atoms with E-state index in [-0.39, 0.29) is 0 Å². The average molecular weight is 263 g/mol. The Kier molecular flexibility index (Phi) is 4.33. The van der Waals surface area contributed by atoms with Crippen molar-refractivity contribution in [3.63, 3.8) is 0 Å². The van der Waals surface area contributed by atoms with Crippen LogP contribution < -0.4 is 5.73 Å². The van der Waals surface area contributed by atoms with Crippen molar-refractivity contribution in [1.82, 2.24) is 20.2 Å². The van der Waals surface area contributed by atoms with E-state index in [1.165, 1.54) is 16.7 Å². The predicted octanol–water partition coefficient (Wildman–Crippen LogP) is 1.54. The molecule has 0 saturated carbocycles. The van der Waals surface area contributed by atoms with Crippen LogP contribution in [-0.4, -0.2) is 26.8 Å². The van der Waals surface area contributed by atoms with Crippen molar-refractivity contribution in [3.8, 4) is 0 Å². The zero-order valence-corrected chi connectivity index (χ0v) is 11.4. The van der Waals surface area contributed by atoms with E-state index in [9.17, 15) is 0 Å². The summed E-state index contributed by atoms with van der Waals surface area (Å²) in [5.74, 6) is 0.867. The molecule has 0 aliphatic carbocycles. The van der Waals surface area contributed by atoms with Gasteiger partial charge in [0.2, 0.25) is 5.16 Å². The van der Waals surface area contributed by atoms with Gasteiger partial charge in [-0.1, -0.05) is 30.0 Å². The number of benzene rings is 1. The van der Waals surface area contributed by atoms with Gasteiger partial charge in [-0.15, -0.1) is 5.10 Å². The molecule has 2 N–H and O–H groups in total. The molecule has 0 bridgehead atoms. The van der Waals surface area contributed by atoms with E-state index in [0.717, 1.165) is 10.9 Å². The number of aryl methyl sites for hydroxylation is 2. The fraction of sp³-hybridized carbons (Fsp3) is 0.417. The van der Waals surface area contributed by atoms with Gasteiger partial charge in [0, 0.05) is 12.3 Å². The first-order valence-electron chi connectivity index (χ1n) is 5.86. The average Bonchev–Trinajstić information content (AvgIpc) is 2.79. The molecule has 1 heterocycles. The lowest BCUT2D eigenvalue weighted by molar-refractivity contribution is 0.557. The Morgan fingerprint density at radius 1 is 1.28 bits per heavy atom. The van der Waals surface area contributed by atoms with Crippen molar-refractivity contribution in [3.05, 3.63) is 34.9 Å². The molecule has 5 nitrogen and oxygen atoms in total. The van der Waals surface area contributed by atoms with E-state index in [1.807, 2.05) is 0 Å². The van der Waals surface area contributed by atoms with Gasteiger partial charge in [0.15, 0.2) is 0 Å². The predicted molar refractivity (Wildman–Crippen MR) is 72.3 cm³/mol. The standard InChI is InChI=1S/C12H17N5S/c1-9-3-4-11(7-10(9)2)8-18-12-14-15-16-17(12)6-5-13/h3-4,7H,5-6,8,13H2,1-2H3. The molecule has 0 fully saturated rings. The third-order valence-electron chi connectivity index (χ3n) is 2.78. The van der Waals surface area contributed by atoms with Crippen LogP contribution in [0.4, 0.5) is 0 Å². The minimum absolute atomic E-state index is 0.544. The molecular formula is C12H17N5S. The SMILES string of the molecule is Cc1ccc(CSc2nnnn2CCN)cc1C. The Bertz CT molecular complexity index is 523. The fourth-order valence-corrected chi connectivity index (χ4v) is 2.45. The molecule has 2 rings (SSSR count). The molecule has 0 unspecified atom stereocenters. The summed E-state index contributed by atoms with van der Waals surface area (Å²) < 4.78 is 1.74. The van der Waals surface area contributed by atoms with Crippen molar-refractivity contribution in [2.45, 2.75) is 31.3 Å². The van der Waals surface area contributed by atoms with Crippen molar-refractivity contribution in [2.24, 2.45) is 5.73 Å². The maximum Gasteiger partial charge on any atom is 0.209 e. The van der Waals surface area contributed by atoms with E-state index >= 15 is 0 Å². The minimum Gasteiger partial charge on any atom is -0.329 e. The summed E-state index contributed by atoms with van der Waals surface area (Å²) in [5, 5.41) is 12.4. The first-order valence-corrected chi connectivity index (χ1v) is 6.84. The molecular weight excluding hydrogens is 246 g/mol. The van der Waals surface area contributed by atoms with Gasteiger partial charge in [0.25, 0.3) is 0 Å². The Balaban J connectivity index is 2.02. The van der Waals surface area contributed by atoms with Gasteiger partial charge < -0.3 is 5.73 Å². The van der Waals surface area contributed by atoms with E-state index < -0.39 is 0 Å². The van der Waals surface area contributed by atoms with Crippen molar-refractivity contribution < 1.29 is 0 Å². The van der Waals surface area contributed by atoms with Gasteiger partial charge >= 0.3 is 0 Å². The Morgan fingerprint density at radius 2 is 2.11 bits per heavy atom. The summed E-state index contributed by atoms with van der Waals surface area (Å²) in [6.07, 6.45) is 0. The maximum absolute atomic E-state index is 5.51. The van der Waals surface area contributed by atoms with E-state index in [2.05, 4.69) is 47.6 Å². The molecule has 96 valence electrons. The number of rotatable bonds is 5. The quantitative estimate of drug-likeness (QED) is 0.829. The number of aromatic nitrogens is 4. The number of nitrogens with two attached hydrogens (primary N) is 1. The third kappa shape index (κ3) is 3.08. The number of thioether (sulfide) groups is 1. The normalized spacial score (nSPS) is 10.8. The van der Waals surface area contributed by atoms with Crippen LogP contribution in [0, 0.1) is 13.8 Å². The lowest BCUT2D eigenvalue weighted by Crippen LogP contribution is -2.12. The highest BCUT2D eigenvalue weighted by molar-refractivity contribution is 7.98. The van der Waals surface area contributed by atoms with Gasteiger partial charge in [-0.2, -0.15) is 0 Å². The van der Waals surface area contributed by atoms with Crippen LogP contribution in [0.25, 0.3) is 0 Å².